The first-order chi connectivity index (χ1) is 8.51. The average molecular weight is 293 g/mol. The Bertz CT molecular complexity index is 196. The molecule has 0 aromatic heterocycles. The number of unbranched alkanes of at least 4 members (excludes halogenated alkanes) is 1. The van der Waals surface area contributed by atoms with Crippen molar-refractivity contribution in [1.82, 2.24) is 0 Å². The lowest BCUT2D eigenvalue weighted by Gasteiger charge is -2.28. The second-order valence-corrected chi connectivity index (χ2v) is 13.5. The van der Waals surface area contributed by atoms with E-state index in [-0.39, 0.29) is 0 Å². The Morgan fingerprint density at radius 1 is 0.833 bits per heavy atom. The third-order valence-electron chi connectivity index (χ3n) is 4.23. The van der Waals surface area contributed by atoms with Crippen molar-refractivity contribution < 1.29 is 13.3 Å². The van der Waals surface area contributed by atoms with Crippen LogP contribution in [0, 0.1) is 0 Å². The van der Waals surface area contributed by atoms with Gasteiger partial charge >= 0.3 is 8.56 Å². The standard InChI is InChI=1S/C13H32O3Si2/c1-7-18(8-2,9-3)16-12-10-11-13-17(6,14-4)15-5/h7-13H2,1-6H3. The quantitative estimate of drug-likeness (QED) is 0.423. The zero-order valence-corrected chi connectivity index (χ0v) is 15.2. The highest BCUT2D eigenvalue weighted by atomic mass is 28.4. The zero-order valence-electron chi connectivity index (χ0n) is 13.2. The predicted octanol–water partition coefficient (Wildman–Crippen LogP) is 4.15. The number of hydrogen-bond acceptors (Lipinski definition) is 3. The van der Waals surface area contributed by atoms with Crippen LogP contribution in [0.4, 0.5) is 0 Å². The van der Waals surface area contributed by atoms with E-state index in [9.17, 15) is 0 Å². The largest absolute Gasteiger partial charge is 0.417 e. The summed E-state index contributed by atoms with van der Waals surface area (Å²) < 4.78 is 17.2. The molecule has 0 heterocycles. The summed E-state index contributed by atoms with van der Waals surface area (Å²) in [6, 6.07) is 4.77. The molecule has 0 aromatic rings. The predicted molar refractivity (Wildman–Crippen MR) is 82.8 cm³/mol. The Labute approximate surface area is 116 Å². The summed E-state index contributed by atoms with van der Waals surface area (Å²) in [4.78, 5) is 0. The minimum absolute atomic E-state index is 0.916. The van der Waals surface area contributed by atoms with Gasteiger partial charge in [0.2, 0.25) is 0 Å². The molecule has 0 rings (SSSR count). The fourth-order valence-corrected chi connectivity index (χ4v) is 6.34. The van der Waals surface area contributed by atoms with Gasteiger partial charge in [-0.3, -0.25) is 0 Å². The van der Waals surface area contributed by atoms with Crippen LogP contribution >= 0.6 is 0 Å². The van der Waals surface area contributed by atoms with E-state index < -0.39 is 16.9 Å². The number of hydrogen-bond donors (Lipinski definition) is 0. The lowest BCUT2D eigenvalue weighted by atomic mass is 10.4. The molecular weight excluding hydrogens is 260 g/mol. The first-order valence-electron chi connectivity index (χ1n) is 7.25. The summed E-state index contributed by atoms with van der Waals surface area (Å²) in [5, 5.41) is 0. The monoisotopic (exact) mass is 292 g/mol. The van der Waals surface area contributed by atoms with Crippen LogP contribution in [0.15, 0.2) is 0 Å². The third kappa shape index (κ3) is 5.97. The van der Waals surface area contributed by atoms with Crippen LogP contribution in [0.1, 0.15) is 33.6 Å². The Kier molecular flexibility index (Phi) is 9.42. The van der Waals surface area contributed by atoms with Crippen molar-refractivity contribution in [1.29, 1.82) is 0 Å². The van der Waals surface area contributed by atoms with E-state index in [1.165, 1.54) is 18.1 Å². The van der Waals surface area contributed by atoms with E-state index in [0.717, 1.165) is 25.5 Å². The van der Waals surface area contributed by atoms with E-state index in [1.54, 1.807) is 14.2 Å². The molecule has 0 N–H and O–H groups in total. The summed E-state index contributed by atoms with van der Waals surface area (Å²) in [6.45, 7) is 9.87. The number of rotatable bonds is 11. The molecule has 0 fully saturated rings. The SMILES string of the molecule is CC[Si](CC)(CC)OCCCC[Si](C)(OC)OC. The van der Waals surface area contributed by atoms with E-state index in [4.69, 9.17) is 13.3 Å². The lowest BCUT2D eigenvalue weighted by molar-refractivity contribution is 0.244. The summed E-state index contributed by atoms with van der Waals surface area (Å²) in [7, 11) is 0.275. The van der Waals surface area contributed by atoms with Gasteiger partial charge in [-0.1, -0.05) is 20.8 Å². The van der Waals surface area contributed by atoms with Crippen LogP contribution in [0.2, 0.25) is 30.7 Å². The summed E-state index contributed by atoms with van der Waals surface area (Å²) in [5.74, 6) is 0. The third-order valence-corrected chi connectivity index (χ3v) is 11.9. The molecule has 0 aliphatic rings. The maximum Gasteiger partial charge on any atom is 0.334 e. The molecule has 5 heteroatoms. The molecular formula is C13H32O3Si2. The topological polar surface area (TPSA) is 27.7 Å². The molecule has 0 atom stereocenters. The van der Waals surface area contributed by atoms with Gasteiger partial charge in [0.15, 0.2) is 8.32 Å². The average Bonchev–Trinajstić information content (AvgIpc) is 2.43. The Balaban J connectivity index is 3.86. The van der Waals surface area contributed by atoms with E-state index in [2.05, 4.69) is 27.3 Å². The van der Waals surface area contributed by atoms with Gasteiger partial charge in [0.05, 0.1) is 0 Å². The highest BCUT2D eigenvalue weighted by Crippen LogP contribution is 2.22. The summed E-state index contributed by atoms with van der Waals surface area (Å²) in [5.41, 5.74) is 0. The lowest BCUT2D eigenvalue weighted by Crippen LogP contribution is -2.37. The maximum atomic E-state index is 6.23. The van der Waals surface area contributed by atoms with Crippen molar-refractivity contribution >= 4 is 16.9 Å². The fraction of sp³-hybridized carbons (Fsp3) is 1.00. The van der Waals surface area contributed by atoms with Crippen molar-refractivity contribution in [2.24, 2.45) is 0 Å². The Morgan fingerprint density at radius 2 is 1.33 bits per heavy atom. The first kappa shape index (κ1) is 18.3. The van der Waals surface area contributed by atoms with Gasteiger partial charge in [0, 0.05) is 20.8 Å². The van der Waals surface area contributed by atoms with Gasteiger partial charge in [-0.25, -0.2) is 0 Å². The smallest absolute Gasteiger partial charge is 0.334 e. The molecule has 0 aliphatic carbocycles. The van der Waals surface area contributed by atoms with Crippen molar-refractivity contribution in [3.63, 3.8) is 0 Å². The molecule has 0 unspecified atom stereocenters. The van der Waals surface area contributed by atoms with Gasteiger partial charge in [-0.2, -0.15) is 0 Å². The van der Waals surface area contributed by atoms with Crippen molar-refractivity contribution in [2.75, 3.05) is 20.8 Å². The van der Waals surface area contributed by atoms with Crippen LogP contribution in [-0.4, -0.2) is 37.7 Å². The van der Waals surface area contributed by atoms with Gasteiger partial charge < -0.3 is 13.3 Å². The van der Waals surface area contributed by atoms with E-state index in [0.29, 0.717) is 0 Å². The molecule has 0 saturated carbocycles. The van der Waals surface area contributed by atoms with Crippen LogP contribution in [-0.2, 0) is 13.3 Å². The highest BCUT2D eigenvalue weighted by molar-refractivity contribution is 6.73. The molecule has 18 heavy (non-hydrogen) atoms. The second-order valence-electron chi connectivity index (χ2n) is 5.09. The molecule has 0 aromatic carbocycles. The highest BCUT2D eigenvalue weighted by Gasteiger charge is 2.29. The van der Waals surface area contributed by atoms with Gasteiger partial charge in [0.25, 0.3) is 0 Å². The molecule has 0 amide bonds. The molecule has 0 aliphatic heterocycles. The molecule has 3 nitrogen and oxygen atoms in total. The normalized spacial score (nSPS) is 13.0. The van der Waals surface area contributed by atoms with Crippen LogP contribution in [0.25, 0.3) is 0 Å². The van der Waals surface area contributed by atoms with E-state index >= 15 is 0 Å². The molecule has 0 saturated heterocycles. The van der Waals surface area contributed by atoms with Crippen LogP contribution < -0.4 is 0 Å². The van der Waals surface area contributed by atoms with Crippen LogP contribution in [0.5, 0.6) is 0 Å². The summed E-state index contributed by atoms with van der Waals surface area (Å²) in [6.07, 6.45) is 2.27. The molecule has 0 radical (unpaired) electrons. The summed E-state index contributed by atoms with van der Waals surface area (Å²) >= 11 is 0. The Morgan fingerprint density at radius 3 is 1.72 bits per heavy atom. The molecule has 110 valence electrons. The van der Waals surface area contributed by atoms with Gasteiger partial charge in [0.1, 0.15) is 0 Å². The Hall–Kier alpha value is 0.314. The van der Waals surface area contributed by atoms with Gasteiger partial charge in [-0.05, 0) is 43.6 Å². The minimum atomic E-state index is -1.86. The maximum absolute atomic E-state index is 6.23. The van der Waals surface area contributed by atoms with Crippen molar-refractivity contribution in [3.05, 3.63) is 0 Å². The molecule has 0 bridgehead atoms. The molecule has 0 spiro atoms. The van der Waals surface area contributed by atoms with Crippen LogP contribution in [0.3, 0.4) is 0 Å². The van der Waals surface area contributed by atoms with Crippen molar-refractivity contribution in [2.45, 2.75) is 64.3 Å². The minimum Gasteiger partial charge on any atom is -0.417 e. The van der Waals surface area contributed by atoms with Crippen molar-refractivity contribution in [3.8, 4) is 0 Å². The first-order valence-corrected chi connectivity index (χ1v) is 12.3. The van der Waals surface area contributed by atoms with E-state index in [1.807, 2.05) is 0 Å². The van der Waals surface area contributed by atoms with Gasteiger partial charge in [-0.15, -0.1) is 0 Å². The zero-order chi connectivity index (χ0) is 14.1. The fourth-order valence-electron chi connectivity index (χ4n) is 2.18. The second kappa shape index (κ2) is 9.25.